The third-order valence-corrected chi connectivity index (χ3v) is 5.05. The van der Waals surface area contributed by atoms with Crippen LogP contribution in [-0.2, 0) is 14.6 Å². The highest BCUT2D eigenvalue weighted by Crippen LogP contribution is 2.12. The van der Waals surface area contributed by atoms with Crippen LogP contribution < -0.4 is 10.6 Å². The molecule has 0 aliphatic carbocycles. The molecule has 1 aliphatic rings. The highest BCUT2D eigenvalue weighted by atomic mass is 32.2. The molecule has 0 radical (unpaired) electrons. The molecule has 0 spiro atoms. The molecule has 0 aromatic carbocycles. The van der Waals surface area contributed by atoms with Crippen LogP contribution >= 0.6 is 0 Å². The summed E-state index contributed by atoms with van der Waals surface area (Å²) in [5.74, 6) is 0.288. The first kappa shape index (κ1) is 16.6. The lowest BCUT2D eigenvalue weighted by atomic mass is 10.2. The van der Waals surface area contributed by atoms with Crippen molar-refractivity contribution in [1.82, 2.24) is 15.3 Å². The number of aromatic nitrogens is 2. The monoisotopic (exact) mass is 328 g/mol. The Morgan fingerprint density at radius 2 is 2.23 bits per heavy atom. The first-order chi connectivity index (χ1) is 10.5. The maximum Gasteiger partial charge on any atom is 0.271 e. The van der Waals surface area contributed by atoms with E-state index in [1.54, 1.807) is 7.11 Å². The van der Waals surface area contributed by atoms with E-state index < -0.39 is 15.7 Å². The summed E-state index contributed by atoms with van der Waals surface area (Å²) in [6.07, 6.45) is 4.14. The van der Waals surface area contributed by atoms with Gasteiger partial charge in [-0.1, -0.05) is 0 Å². The molecule has 1 aromatic rings. The molecule has 9 heteroatoms. The van der Waals surface area contributed by atoms with Crippen molar-refractivity contribution in [3.05, 3.63) is 18.1 Å². The second kappa shape index (κ2) is 7.50. The van der Waals surface area contributed by atoms with Gasteiger partial charge in [0, 0.05) is 26.3 Å². The van der Waals surface area contributed by atoms with Crippen LogP contribution in [0.4, 0.5) is 5.82 Å². The van der Waals surface area contributed by atoms with Crippen LogP contribution in [0.2, 0.25) is 0 Å². The number of hydrogen-bond donors (Lipinski definition) is 2. The number of carbonyl (C=O) groups is 1. The van der Waals surface area contributed by atoms with Crippen LogP contribution in [0.1, 0.15) is 23.3 Å². The van der Waals surface area contributed by atoms with Gasteiger partial charge in [-0.2, -0.15) is 0 Å². The number of nitrogens with zero attached hydrogens (tertiary/aromatic N) is 2. The average molecular weight is 328 g/mol. The fourth-order valence-electron chi connectivity index (χ4n) is 2.14. The lowest BCUT2D eigenvalue weighted by Crippen LogP contribution is -2.36. The van der Waals surface area contributed by atoms with Crippen molar-refractivity contribution in [3.8, 4) is 0 Å². The molecule has 1 aliphatic heterocycles. The second-order valence-electron chi connectivity index (χ2n) is 5.13. The van der Waals surface area contributed by atoms with Gasteiger partial charge in [0.1, 0.15) is 11.5 Å². The minimum atomic E-state index is -3.02. The number of sulfone groups is 1. The van der Waals surface area contributed by atoms with Crippen molar-refractivity contribution in [2.45, 2.75) is 18.9 Å². The van der Waals surface area contributed by atoms with E-state index in [1.807, 2.05) is 0 Å². The molecule has 1 atom stereocenters. The molecule has 1 unspecified atom stereocenters. The zero-order chi connectivity index (χ0) is 16.0. The fraction of sp³-hybridized carbons (Fsp3) is 0.615. The molecule has 22 heavy (non-hydrogen) atoms. The molecule has 2 rings (SSSR count). The summed E-state index contributed by atoms with van der Waals surface area (Å²) in [4.78, 5) is 20.1. The molecule has 1 amide bonds. The maximum atomic E-state index is 12.0. The Balaban J connectivity index is 1.83. The van der Waals surface area contributed by atoms with E-state index >= 15 is 0 Å². The first-order valence-electron chi connectivity index (χ1n) is 7.06. The Kier molecular flexibility index (Phi) is 5.67. The van der Waals surface area contributed by atoms with Gasteiger partial charge in [0.15, 0.2) is 9.84 Å². The van der Waals surface area contributed by atoms with Gasteiger partial charge in [-0.15, -0.1) is 0 Å². The third-order valence-electron chi connectivity index (χ3n) is 3.28. The van der Waals surface area contributed by atoms with Crippen molar-refractivity contribution < 1.29 is 17.9 Å². The summed E-state index contributed by atoms with van der Waals surface area (Å²) in [5, 5.41) is 5.74. The summed E-state index contributed by atoms with van der Waals surface area (Å²) in [6, 6.07) is -0.342. The summed E-state index contributed by atoms with van der Waals surface area (Å²) in [5.41, 5.74) is 0.173. The molecule has 1 saturated heterocycles. The van der Waals surface area contributed by atoms with Gasteiger partial charge in [0.2, 0.25) is 0 Å². The molecule has 0 bridgehead atoms. The molecule has 8 nitrogen and oxygen atoms in total. The minimum absolute atomic E-state index is 0.00862. The van der Waals surface area contributed by atoms with Gasteiger partial charge in [0.25, 0.3) is 5.91 Å². The quantitative estimate of drug-likeness (QED) is 0.669. The van der Waals surface area contributed by atoms with Crippen LogP contribution in [0.15, 0.2) is 12.4 Å². The van der Waals surface area contributed by atoms with Gasteiger partial charge in [-0.25, -0.2) is 18.4 Å². The van der Waals surface area contributed by atoms with Crippen molar-refractivity contribution in [2.75, 3.05) is 37.1 Å². The average Bonchev–Trinajstić information content (AvgIpc) is 2.83. The Bertz CT molecular complexity index is 603. The molecular weight excluding hydrogens is 308 g/mol. The third kappa shape index (κ3) is 4.92. The Morgan fingerprint density at radius 3 is 2.82 bits per heavy atom. The fourth-order valence-corrected chi connectivity index (χ4v) is 3.81. The lowest BCUT2D eigenvalue weighted by molar-refractivity contribution is 0.0935. The largest absolute Gasteiger partial charge is 0.385 e. The summed E-state index contributed by atoms with van der Waals surface area (Å²) in [7, 11) is -1.37. The predicted octanol–water partition coefficient (Wildman–Crippen LogP) is -0.158. The number of carbonyl (C=O) groups excluding carboxylic acids is 1. The summed E-state index contributed by atoms with van der Waals surface area (Å²) >= 11 is 0. The first-order valence-corrected chi connectivity index (χ1v) is 8.88. The smallest absolute Gasteiger partial charge is 0.271 e. The molecule has 2 heterocycles. The van der Waals surface area contributed by atoms with E-state index in [9.17, 15) is 13.2 Å². The normalized spacial score (nSPS) is 19.8. The zero-order valence-corrected chi connectivity index (χ0v) is 13.2. The summed E-state index contributed by atoms with van der Waals surface area (Å²) < 4.78 is 27.6. The number of rotatable bonds is 7. The van der Waals surface area contributed by atoms with Crippen LogP contribution in [0.3, 0.4) is 0 Å². The predicted molar refractivity (Wildman–Crippen MR) is 81.5 cm³/mol. The highest BCUT2D eigenvalue weighted by Gasteiger charge is 2.29. The van der Waals surface area contributed by atoms with Gasteiger partial charge in [0.05, 0.1) is 23.9 Å². The Labute approximate surface area is 129 Å². The standard InChI is InChI=1S/C13H20N4O4S/c1-21-5-2-4-14-12-8-15-11(7-16-12)13(18)17-10-3-6-22(19,20)9-10/h7-8,10H,2-6,9H2,1H3,(H,14,16)(H,17,18). The zero-order valence-electron chi connectivity index (χ0n) is 12.4. The second-order valence-corrected chi connectivity index (χ2v) is 7.36. The van der Waals surface area contributed by atoms with E-state index in [-0.39, 0.29) is 23.2 Å². The number of methoxy groups -OCH3 is 1. The van der Waals surface area contributed by atoms with Crippen molar-refractivity contribution in [3.63, 3.8) is 0 Å². The number of nitrogens with one attached hydrogen (secondary N) is 2. The van der Waals surface area contributed by atoms with Crippen molar-refractivity contribution >= 4 is 21.6 Å². The number of amides is 1. The Morgan fingerprint density at radius 1 is 1.41 bits per heavy atom. The SMILES string of the molecule is COCCCNc1cnc(C(=O)NC2CCS(=O)(=O)C2)cn1. The van der Waals surface area contributed by atoms with Crippen LogP contribution in [0.25, 0.3) is 0 Å². The van der Waals surface area contributed by atoms with Crippen LogP contribution in [0, 0.1) is 0 Å². The highest BCUT2D eigenvalue weighted by molar-refractivity contribution is 7.91. The molecule has 1 fully saturated rings. The van der Waals surface area contributed by atoms with Crippen molar-refractivity contribution in [2.24, 2.45) is 0 Å². The molecule has 2 N–H and O–H groups in total. The number of anilines is 1. The summed E-state index contributed by atoms with van der Waals surface area (Å²) in [6.45, 7) is 1.36. The minimum Gasteiger partial charge on any atom is -0.385 e. The van der Waals surface area contributed by atoms with Gasteiger partial charge >= 0.3 is 0 Å². The van der Waals surface area contributed by atoms with E-state index in [2.05, 4.69) is 20.6 Å². The van der Waals surface area contributed by atoms with E-state index in [1.165, 1.54) is 12.4 Å². The van der Waals surface area contributed by atoms with E-state index in [0.717, 1.165) is 6.42 Å². The maximum absolute atomic E-state index is 12.0. The number of ether oxygens (including phenoxy) is 1. The van der Waals surface area contributed by atoms with Crippen LogP contribution in [-0.4, -0.2) is 62.1 Å². The van der Waals surface area contributed by atoms with Gasteiger partial charge in [-0.05, 0) is 12.8 Å². The van der Waals surface area contributed by atoms with Gasteiger partial charge in [-0.3, -0.25) is 4.79 Å². The molecule has 0 saturated carbocycles. The molecule has 1 aromatic heterocycles. The lowest BCUT2D eigenvalue weighted by Gasteiger charge is -2.10. The van der Waals surface area contributed by atoms with Crippen LogP contribution in [0.5, 0.6) is 0 Å². The molecular formula is C13H20N4O4S. The Hall–Kier alpha value is -1.74. The molecule has 122 valence electrons. The topological polar surface area (TPSA) is 110 Å². The van der Waals surface area contributed by atoms with E-state index in [4.69, 9.17) is 4.74 Å². The van der Waals surface area contributed by atoms with Crippen molar-refractivity contribution in [1.29, 1.82) is 0 Å². The van der Waals surface area contributed by atoms with Gasteiger partial charge < -0.3 is 15.4 Å². The number of hydrogen-bond acceptors (Lipinski definition) is 7. The van der Waals surface area contributed by atoms with E-state index in [0.29, 0.717) is 25.4 Å².